The first-order chi connectivity index (χ1) is 9.13. The lowest BCUT2D eigenvalue weighted by atomic mass is 10.0. The van der Waals surface area contributed by atoms with Crippen molar-refractivity contribution in [1.29, 1.82) is 0 Å². The number of Topliss-reactive ketones (excluding diaryl/α,β-unsaturated/α-hetero) is 1. The third-order valence-electron chi connectivity index (χ3n) is 2.97. The fourth-order valence-electron chi connectivity index (χ4n) is 2.06. The molecule has 0 atom stereocenters. The van der Waals surface area contributed by atoms with Gasteiger partial charge in [0.15, 0.2) is 10.7 Å². The van der Waals surface area contributed by atoms with Crippen LogP contribution in [0.4, 0.5) is 4.39 Å². The maximum absolute atomic E-state index is 13.0. The van der Waals surface area contributed by atoms with Gasteiger partial charge in [-0.05, 0) is 30.7 Å². The predicted molar refractivity (Wildman–Crippen MR) is 72.2 cm³/mol. The second-order valence-electron chi connectivity index (χ2n) is 4.38. The van der Waals surface area contributed by atoms with Crippen LogP contribution in [0.5, 0.6) is 0 Å². The van der Waals surface area contributed by atoms with Crippen molar-refractivity contribution in [3.05, 3.63) is 58.6 Å². The van der Waals surface area contributed by atoms with E-state index in [4.69, 9.17) is 0 Å². The van der Waals surface area contributed by atoms with Crippen molar-refractivity contribution in [2.45, 2.75) is 13.3 Å². The van der Waals surface area contributed by atoms with E-state index in [0.717, 1.165) is 10.7 Å². The van der Waals surface area contributed by atoms with Crippen LogP contribution in [0.15, 0.2) is 36.0 Å². The van der Waals surface area contributed by atoms with Gasteiger partial charge in [0.2, 0.25) is 0 Å². The lowest BCUT2D eigenvalue weighted by molar-refractivity contribution is 0.0991. The first kappa shape index (κ1) is 12.0. The fraction of sp³-hybridized carbons (Fsp3) is 0.143. The van der Waals surface area contributed by atoms with Crippen LogP contribution >= 0.6 is 11.3 Å². The van der Waals surface area contributed by atoms with Crippen LogP contribution in [0.3, 0.4) is 0 Å². The van der Waals surface area contributed by atoms with Crippen LogP contribution in [-0.4, -0.2) is 15.2 Å². The number of halogens is 1. The average Bonchev–Trinajstić information content (AvgIpc) is 2.89. The molecule has 19 heavy (non-hydrogen) atoms. The summed E-state index contributed by atoms with van der Waals surface area (Å²) < 4.78 is 14.9. The zero-order valence-electron chi connectivity index (χ0n) is 10.3. The van der Waals surface area contributed by atoms with Crippen LogP contribution in [0.1, 0.15) is 21.6 Å². The van der Waals surface area contributed by atoms with Crippen LogP contribution < -0.4 is 0 Å². The molecule has 0 aliphatic heterocycles. The van der Waals surface area contributed by atoms with Crippen molar-refractivity contribution < 1.29 is 9.18 Å². The molecule has 0 fully saturated rings. The molecule has 0 aliphatic rings. The van der Waals surface area contributed by atoms with Gasteiger partial charge < -0.3 is 0 Å². The molecule has 0 amide bonds. The van der Waals surface area contributed by atoms with Gasteiger partial charge in [0.05, 0.1) is 12.1 Å². The van der Waals surface area contributed by atoms with Gasteiger partial charge in [0.1, 0.15) is 5.82 Å². The van der Waals surface area contributed by atoms with Crippen LogP contribution in [0.2, 0.25) is 0 Å². The maximum Gasteiger partial charge on any atom is 0.193 e. The Kier molecular flexibility index (Phi) is 2.91. The number of fused-ring (bicyclic) bond motifs is 1. The SMILES string of the molecule is Cc1cc(F)ccc1C(=O)Cc1cn2ccsc2n1. The molecule has 1 aromatic carbocycles. The highest BCUT2D eigenvalue weighted by molar-refractivity contribution is 7.15. The molecule has 0 saturated heterocycles. The standard InChI is InChI=1S/C14H11FN2OS/c1-9-6-10(15)2-3-12(9)13(18)7-11-8-17-4-5-19-14(17)16-11/h2-6,8H,7H2,1H3. The van der Waals surface area contributed by atoms with Crippen molar-refractivity contribution in [1.82, 2.24) is 9.38 Å². The van der Waals surface area contributed by atoms with E-state index in [1.807, 2.05) is 22.2 Å². The first-order valence-corrected chi connectivity index (χ1v) is 6.72. The number of benzene rings is 1. The molecule has 0 spiro atoms. The number of rotatable bonds is 3. The predicted octanol–water partition coefficient (Wildman–Crippen LogP) is 3.27. The molecule has 3 aromatic rings. The third-order valence-corrected chi connectivity index (χ3v) is 3.74. The van der Waals surface area contributed by atoms with E-state index in [2.05, 4.69) is 4.98 Å². The normalized spacial score (nSPS) is 11.1. The number of carbonyl (C=O) groups excluding carboxylic acids is 1. The Morgan fingerprint density at radius 2 is 2.32 bits per heavy atom. The molecular weight excluding hydrogens is 263 g/mol. The van der Waals surface area contributed by atoms with E-state index in [9.17, 15) is 9.18 Å². The van der Waals surface area contributed by atoms with Crippen molar-refractivity contribution in [2.75, 3.05) is 0 Å². The molecule has 0 saturated carbocycles. The number of aryl methyl sites for hydroxylation is 1. The van der Waals surface area contributed by atoms with E-state index in [0.29, 0.717) is 11.1 Å². The molecule has 96 valence electrons. The molecule has 0 bridgehead atoms. The summed E-state index contributed by atoms with van der Waals surface area (Å²) in [5, 5.41) is 1.94. The number of hydrogen-bond donors (Lipinski definition) is 0. The van der Waals surface area contributed by atoms with Gasteiger partial charge in [-0.1, -0.05) is 0 Å². The Balaban J connectivity index is 1.86. The Hall–Kier alpha value is -2.01. The third kappa shape index (κ3) is 2.29. The fourth-order valence-corrected chi connectivity index (χ4v) is 2.78. The van der Waals surface area contributed by atoms with E-state index < -0.39 is 0 Å². The van der Waals surface area contributed by atoms with Crippen molar-refractivity contribution in [3.63, 3.8) is 0 Å². The highest BCUT2D eigenvalue weighted by Crippen LogP contribution is 2.16. The summed E-state index contributed by atoms with van der Waals surface area (Å²) in [6.45, 7) is 1.74. The van der Waals surface area contributed by atoms with E-state index in [-0.39, 0.29) is 18.0 Å². The minimum atomic E-state index is -0.323. The van der Waals surface area contributed by atoms with Crippen LogP contribution in [0, 0.1) is 12.7 Å². The Morgan fingerprint density at radius 1 is 1.47 bits per heavy atom. The molecular formula is C14H11FN2OS. The zero-order chi connectivity index (χ0) is 13.4. The monoisotopic (exact) mass is 274 g/mol. The zero-order valence-corrected chi connectivity index (χ0v) is 11.1. The molecule has 5 heteroatoms. The van der Waals surface area contributed by atoms with Gasteiger partial charge in [-0.2, -0.15) is 0 Å². The summed E-state index contributed by atoms with van der Waals surface area (Å²) in [6.07, 6.45) is 3.99. The number of carbonyl (C=O) groups is 1. The second kappa shape index (κ2) is 4.59. The van der Waals surface area contributed by atoms with Gasteiger partial charge in [-0.25, -0.2) is 9.37 Å². The molecule has 0 aliphatic carbocycles. The van der Waals surface area contributed by atoms with Crippen molar-refractivity contribution in [3.8, 4) is 0 Å². The summed E-state index contributed by atoms with van der Waals surface area (Å²) in [5.74, 6) is -0.361. The Bertz CT molecular complexity index is 731. The van der Waals surface area contributed by atoms with Crippen LogP contribution in [0.25, 0.3) is 4.96 Å². The molecule has 3 rings (SSSR count). The lowest BCUT2D eigenvalue weighted by Gasteiger charge is -2.03. The molecule has 0 radical (unpaired) electrons. The highest BCUT2D eigenvalue weighted by atomic mass is 32.1. The minimum absolute atomic E-state index is 0.0387. The lowest BCUT2D eigenvalue weighted by Crippen LogP contribution is -2.06. The van der Waals surface area contributed by atoms with Crippen LogP contribution in [-0.2, 0) is 6.42 Å². The molecule has 3 nitrogen and oxygen atoms in total. The van der Waals surface area contributed by atoms with Crippen molar-refractivity contribution in [2.24, 2.45) is 0 Å². The quantitative estimate of drug-likeness (QED) is 0.687. The van der Waals surface area contributed by atoms with E-state index >= 15 is 0 Å². The van der Waals surface area contributed by atoms with Gasteiger partial charge >= 0.3 is 0 Å². The minimum Gasteiger partial charge on any atom is -0.297 e. The van der Waals surface area contributed by atoms with Gasteiger partial charge in [-0.3, -0.25) is 9.20 Å². The molecule has 2 aromatic heterocycles. The Morgan fingerprint density at radius 3 is 3.05 bits per heavy atom. The number of hydrogen-bond acceptors (Lipinski definition) is 3. The van der Waals surface area contributed by atoms with E-state index in [1.54, 1.807) is 6.92 Å². The second-order valence-corrected chi connectivity index (χ2v) is 5.26. The summed E-state index contributed by atoms with van der Waals surface area (Å²) in [6, 6.07) is 4.22. The summed E-state index contributed by atoms with van der Waals surface area (Å²) in [4.78, 5) is 17.4. The summed E-state index contributed by atoms with van der Waals surface area (Å²) in [5.41, 5.74) is 1.95. The van der Waals surface area contributed by atoms with Crippen molar-refractivity contribution >= 4 is 22.1 Å². The van der Waals surface area contributed by atoms with Gasteiger partial charge in [0, 0.05) is 23.3 Å². The van der Waals surface area contributed by atoms with E-state index in [1.165, 1.54) is 29.5 Å². The first-order valence-electron chi connectivity index (χ1n) is 5.84. The smallest absolute Gasteiger partial charge is 0.193 e. The van der Waals surface area contributed by atoms with Gasteiger partial charge in [-0.15, -0.1) is 11.3 Å². The number of nitrogens with zero attached hydrogens (tertiary/aromatic N) is 2. The molecule has 0 unspecified atom stereocenters. The summed E-state index contributed by atoms with van der Waals surface area (Å²) in [7, 11) is 0. The Labute approximate surface area is 113 Å². The molecule has 2 heterocycles. The molecule has 0 N–H and O–H groups in total. The number of aromatic nitrogens is 2. The van der Waals surface area contributed by atoms with Gasteiger partial charge in [0.25, 0.3) is 0 Å². The largest absolute Gasteiger partial charge is 0.297 e. The number of thiazole rings is 1. The average molecular weight is 274 g/mol. The number of ketones is 1. The topological polar surface area (TPSA) is 34.4 Å². The maximum atomic E-state index is 13.0. The highest BCUT2D eigenvalue weighted by Gasteiger charge is 2.13. The number of imidazole rings is 1. The summed E-state index contributed by atoms with van der Waals surface area (Å²) >= 11 is 1.53.